The average molecular weight is 597 g/mol. The number of halogens is 1. The fraction of sp³-hybridized carbons (Fsp3) is 0.257. The van der Waals surface area contributed by atoms with E-state index in [-0.39, 0.29) is 35.7 Å². The minimum atomic E-state index is -0.531. The monoisotopic (exact) mass is 596 g/mol. The van der Waals surface area contributed by atoms with Gasteiger partial charge in [0.25, 0.3) is 11.5 Å². The third kappa shape index (κ3) is 6.84. The number of nitrogens with zero attached hydrogens (tertiary/aromatic N) is 1. The Labute approximate surface area is 256 Å². The number of hydrogen-bond donors (Lipinski definition) is 3. The lowest BCUT2D eigenvalue weighted by Gasteiger charge is -2.20. The molecule has 4 aromatic rings. The van der Waals surface area contributed by atoms with Crippen molar-refractivity contribution >= 4 is 23.3 Å². The smallest absolute Gasteiger partial charge is 0.275 e. The first-order chi connectivity index (χ1) is 20.9. The van der Waals surface area contributed by atoms with Crippen LogP contribution in [-0.2, 0) is 11.3 Å². The van der Waals surface area contributed by atoms with Crippen molar-refractivity contribution in [1.29, 1.82) is 0 Å². The van der Waals surface area contributed by atoms with Crippen LogP contribution in [0.15, 0.2) is 77.6 Å². The van der Waals surface area contributed by atoms with E-state index in [9.17, 15) is 23.6 Å². The largest absolute Gasteiger partial charge is 0.355 e. The standard InChI is InChI=1S/C35H37FN4O4/c1-20(2)25-16-23(17-26(18-25)32(41)24-10-12-27(36)13-11-24)19-40-31(28-8-7-9-29(21(28)3)34(43)38-6)15-14-30(35(40)44)39-33(42)22(4)37-5/h7-18,20,22,37H,19H2,1-6H3,(H,38,43)(H,39,42). The van der Waals surface area contributed by atoms with Crippen molar-refractivity contribution in [3.63, 3.8) is 0 Å². The molecular weight excluding hydrogens is 559 g/mol. The van der Waals surface area contributed by atoms with Crippen molar-refractivity contribution in [2.75, 3.05) is 19.4 Å². The van der Waals surface area contributed by atoms with Crippen LogP contribution in [-0.4, -0.2) is 42.3 Å². The molecule has 9 heteroatoms. The molecule has 0 spiro atoms. The zero-order chi connectivity index (χ0) is 32.1. The van der Waals surface area contributed by atoms with Crippen molar-refractivity contribution in [3.05, 3.63) is 122 Å². The maximum absolute atomic E-state index is 14.0. The van der Waals surface area contributed by atoms with E-state index in [2.05, 4.69) is 16.0 Å². The number of nitrogens with one attached hydrogen (secondary N) is 3. The van der Waals surface area contributed by atoms with Crippen molar-refractivity contribution in [1.82, 2.24) is 15.2 Å². The lowest BCUT2D eigenvalue weighted by atomic mass is 9.93. The third-order valence-electron chi connectivity index (χ3n) is 7.73. The highest BCUT2D eigenvalue weighted by Gasteiger charge is 2.20. The molecule has 0 aliphatic carbocycles. The lowest BCUT2D eigenvalue weighted by molar-refractivity contribution is -0.117. The van der Waals surface area contributed by atoms with Gasteiger partial charge in [0.05, 0.1) is 18.3 Å². The van der Waals surface area contributed by atoms with Gasteiger partial charge in [-0.1, -0.05) is 32.0 Å². The summed E-state index contributed by atoms with van der Waals surface area (Å²) >= 11 is 0. The zero-order valence-corrected chi connectivity index (χ0v) is 25.7. The summed E-state index contributed by atoms with van der Waals surface area (Å²) in [5.41, 5.74) is 4.38. The number of aromatic nitrogens is 1. The Morgan fingerprint density at radius 2 is 1.59 bits per heavy atom. The molecule has 0 fully saturated rings. The molecule has 0 saturated carbocycles. The van der Waals surface area contributed by atoms with Crippen LogP contribution in [0, 0.1) is 12.7 Å². The summed E-state index contributed by atoms with van der Waals surface area (Å²) in [4.78, 5) is 52.8. The second kappa shape index (κ2) is 13.6. The van der Waals surface area contributed by atoms with Gasteiger partial charge in [0.1, 0.15) is 11.5 Å². The summed E-state index contributed by atoms with van der Waals surface area (Å²) in [5.74, 6) is -1.24. The van der Waals surface area contributed by atoms with Crippen LogP contribution in [0.4, 0.5) is 10.1 Å². The van der Waals surface area contributed by atoms with Crippen LogP contribution >= 0.6 is 0 Å². The fourth-order valence-electron chi connectivity index (χ4n) is 4.96. The lowest BCUT2D eigenvalue weighted by Crippen LogP contribution is -2.37. The number of amides is 2. The van der Waals surface area contributed by atoms with Crippen LogP contribution < -0.4 is 21.5 Å². The number of carbonyl (C=O) groups is 3. The van der Waals surface area contributed by atoms with E-state index >= 15 is 0 Å². The van der Waals surface area contributed by atoms with Gasteiger partial charge >= 0.3 is 0 Å². The summed E-state index contributed by atoms with van der Waals surface area (Å²) in [7, 11) is 3.21. The Bertz CT molecular complexity index is 1780. The van der Waals surface area contributed by atoms with Crippen molar-refractivity contribution in [2.45, 2.75) is 46.2 Å². The maximum atomic E-state index is 14.0. The Kier molecular flexibility index (Phi) is 9.90. The van der Waals surface area contributed by atoms with Crippen LogP contribution in [0.5, 0.6) is 0 Å². The second-order valence-electron chi connectivity index (χ2n) is 11.0. The van der Waals surface area contributed by atoms with E-state index in [0.717, 1.165) is 5.56 Å². The van der Waals surface area contributed by atoms with Crippen LogP contribution in [0.3, 0.4) is 0 Å². The molecule has 0 saturated heterocycles. The number of hydrogen-bond acceptors (Lipinski definition) is 5. The highest BCUT2D eigenvalue weighted by atomic mass is 19.1. The normalized spacial score (nSPS) is 11.7. The van der Waals surface area contributed by atoms with Gasteiger partial charge in [0.2, 0.25) is 5.91 Å². The van der Waals surface area contributed by atoms with Gasteiger partial charge in [-0.25, -0.2) is 4.39 Å². The molecule has 1 aromatic heterocycles. The van der Waals surface area contributed by atoms with Gasteiger partial charge in [-0.2, -0.15) is 0 Å². The third-order valence-corrected chi connectivity index (χ3v) is 7.73. The Morgan fingerprint density at radius 3 is 2.23 bits per heavy atom. The first kappa shape index (κ1) is 32.0. The summed E-state index contributed by atoms with van der Waals surface area (Å²) in [6.07, 6.45) is 0. The minimum absolute atomic E-state index is 0.0750. The number of anilines is 1. The molecule has 1 heterocycles. The molecule has 0 radical (unpaired) electrons. The highest BCUT2D eigenvalue weighted by molar-refractivity contribution is 6.09. The van der Waals surface area contributed by atoms with E-state index in [0.29, 0.717) is 39.1 Å². The predicted molar refractivity (Wildman–Crippen MR) is 171 cm³/mol. The number of ketones is 1. The molecule has 3 N–H and O–H groups in total. The number of carbonyl (C=O) groups excluding carboxylic acids is 3. The highest BCUT2D eigenvalue weighted by Crippen LogP contribution is 2.28. The second-order valence-corrected chi connectivity index (χ2v) is 11.0. The van der Waals surface area contributed by atoms with Crippen LogP contribution in [0.25, 0.3) is 11.3 Å². The van der Waals surface area contributed by atoms with Crippen molar-refractivity contribution < 1.29 is 18.8 Å². The number of pyridine rings is 1. The topological polar surface area (TPSA) is 109 Å². The molecule has 44 heavy (non-hydrogen) atoms. The van der Waals surface area contributed by atoms with Crippen LogP contribution in [0.1, 0.15) is 69.7 Å². The van der Waals surface area contributed by atoms with E-state index in [1.807, 2.05) is 39.0 Å². The van der Waals surface area contributed by atoms with E-state index in [1.165, 1.54) is 24.3 Å². The quantitative estimate of drug-likeness (QED) is 0.216. The van der Waals surface area contributed by atoms with Gasteiger partial charge in [-0.05, 0) is 98.1 Å². The average Bonchev–Trinajstić information content (AvgIpc) is 3.02. The Balaban J connectivity index is 1.90. The molecule has 1 atom stereocenters. The fourth-order valence-corrected chi connectivity index (χ4v) is 4.96. The maximum Gasteiger partial charge on any atom is 0.275 e. The van der Waals surface area contributed by atoms with E-state index in [4.69, 9.17) is 0 Å². The molecule has 2 amide bonds. The predicted octanol–water partition coefficient (Wildman–Crippen LogP) is 5.27. The summed E-state index contributed by atoms with van der Waals surface area (Å²) in [6, 6.07) is 19.0. The van der Waals surface area contributed by atoms with Gasteiger partial charge in [0, 0.05) is 29.3 Å². The summed E-state index contributed by atoms with van der Waals surface area (Å²) < 4.78 is 15.1. The molecule has 0 aliphatic rings. The van der Waals surface area contributed by atoms with Gasteiger partial charge in [-0.15, -0.1) is 0 Å². The molecule has 3 aromatic carbocycles. The Hall–Kier alpha value is -4.89. The van der Waals surface area contributed by atoms with Gasteiger partial charge in [0.15, 0.2) is 5.78 Å². The molecule has 0 aliphatic heterocycles. The van der Waals surface area contributed by atoms with E-state index in [1.54, 1.807) is 55.9 Å². The van der Waals surface area contributed by atoms with Crippen molar-refractivity contribution in [3.8, 4) is 11.3 Å². The Morgan fingerprint density at radius 1 is 0.886 bits per heavy atom. The number of benzene rings is 3. The summed E-state index contributed by atoms with van der Waals surface area (Å²) in [5, 5.41) is 8.24. The number of likely N-dealkylation sites (N-methyl/N-ethyl adjacent to an activating group) is 1. The molecule has 228 valence electrons. The van der Waals surface area contributed by atoms with E-state index < -0.39 is 17.4 Å². The molecule has 8 nitrogen and oxygen atoms in total. The van der Waals surface area contributed by atoms with Gasteiger partial charge < -0.3 is 20.5 Å². The molecule has 1 unspecified atom stereocenters. The first-order valence-electron chi connectivity index (χ1n) is 14.4. The zero-order valence-electron chi connectivity index (χ0n) is 25.7. The van der Waals surface area contributed by atoms with Gasteiger partial charge in [-0.3, -0.25) is 19.2 Å². The molecule has 4 rings (SSSR count). The minimum Gasteiger partial charge on any atom is -0.355 e. The SMILES string of the molecule is CNC(=O)c1cccc(-c2ccc(NC(=O)C(C)NC)c(=O)n2Cc2cc(C(=O)c3ccc(F)cc3)cc(C(C)C)c2)c1C. The molecular formula is C35H37FN4O4. The first-order valence-corrected chi connectivity index (χ1v) is 14.4. The number of rotatable bonds is 10. The summed E-state index contributed by atoms with van der Waals surface area (Å²) in [6.45, 7) is 7.60. The molecule has 0 bridgehead atoms. The van der Waals surface area contributed by atoms with Crippen molar-refractivity contribution in [2.24, 2.45) is 0 Å². The van der Waals surface area contributed by atoms with Crippen LogP contribution in [0.2, 0.25) is 0 Å².